The van der Waals surface area contributed by atoms with Gasteiger partial charge in [-0.25, -0.2) is 4.98 Å². The SMILES string of the molecule is CCNC(c1ccc(C(C)C)cc1)c1nc(C)cs1. The number of nitrogens with one attached hydrogen (secondary N) is 1. The highest BCUT2D eigenvalue weighted by molar-refractivity contribution is 7.09. The minimum Gasteiger partial charge on any atom is -0.305 e. The molecule has 0 bridgehead atoms. The Morgan fingerprint density at radius 2 is 1.79 bits per heavy atom. The van der Waals surface area contributed by atoms with Crippen molar-refractivity contribution in [1.82, 2.24) is 10.3 Å². The third-order valence-corrected chi connectivity index (χ3v) is 4.26. The molecular weight excluding hydrogens is 252 g/mol. The first-order valence-corrected chi connectivity index (χ1v) is 7.75. The Bertz CT molecular complexity index is 514. The van der Waals surface area contributed by atoms with Crippen LogP contribution in [0.4, 0.5) is 0 Å². The molecule has 0 aliphatic heterocycles. The Labute approximate surface area is 119 Å². The van der Waals surface area contributed by atoms with Crippen LogP contribution in [0.3, 0.4) is 0 Å². The first kappa shape index (κ1) is 14.2. The number of nitrogens with zero attached hydrogens (tertiary/aromatic N) is 1. The van der Waals surface area contributed by atoms with Crippen LogP contribution < -0.4 is 5.32 Å². The van der Waals surface area contributed by atoms with Crippen LogP contribution in [-0.2, 0) is 0 Å². The van der Waals surface area contributed by atoms with E-state index in [0.717, 1.165) is 17.2 Å². The van der Waals surface area contributed by atoms with Crippen LogP contribution in [0.1, 0.15) is 54.6 Å². The predicted octanol–water partition coefficient (Wildman–Crippen LogP) is 4.27. The Hall–Kier alpha value is -1.19. The highest BCUT2D eigenvalue weighted by Crippen LogP contribution is 2.26. The Balaban J connectivity index is 2.28. The van der Waals surface area contributed by atoms with Crippen molar-refractivity contribution in [3.05, 3.63) is 51.5 Å². The molecule has 1 aromatic heterocycles. The number of thiazole rings is 1. The lowest BCUT2D eigenvalue weighted by Crippen LogP contribution is -2.21. The standard InChI is InChI=1S/C16H22N2S/c1-5-17-15(16-18-12(4)10-19-16)14-8-6-13(7-9-14)11(2)3/h6-11,15,17H,5H2,1-4H3. The van der Waals surface area contributed by atoms with Gasteiger partial charge >= 0.3 is 0 Å². The third kappa shape index (κ3) is 3.43. The lowest BCUT2D eigenvalue weighted by Gasteiger charge is -2.17. The van der Waals surface area contributed by atoms with Crippen molar-refractivity contribution in [2.45, 2.75) is 39.7 Å². The van der Waals surface area contributed by atoms with E-state index in [-0.39, 0.29) is 6.04 Å². The fourth-order valence-electron chi connectivity index (χ4n) is 2.13. The van der Waals surface area contributed by atoms with E-state index in [9.17, 15) is 0 Å². The number of aryl methyl sites for hydroxylation is 1. The number of hydrogen-bond acceptors (Lipinski definition) is 3. The Kier molecular flexibility index (Phi) is 4.72. The summed E-state index contributed by atoms with van der Waals surface area (Å²) in [6.07, 6.45) is 0. The number of benzene rings is 1. The van der Waals surface area contributed by atoms with Crippen molar-refractivity contribution in [3.63, 3.8) is 0 Å². The van der Waals surface area contributed by atoms with Gasteiger partial charge in [0.15, 0.2) is 0 Å². The third-order valence-electron chi connectivity index (χ3n) is 3.23. The van der Waals surface area contributed by atoms with Crippen molar-refractivity contribution in [1.29, 1.82) is 0 Å². The molecule has 1 atom stereocenters. The van der Waals surface area contributed by atoms with E-state index < -0.39 is 0 Å². The normalized spacial score (nSPS) is 12.9. The van der Waals surface area contributed by atoms with Crippen LogP contribution in [0.15, 0.2) is 29.6 Å². The second-order valence-electron chi connectivity index (χ2n) is 5.14. The van der Waals surface area contributed by atoms with Gasteiger partial charge in [-0.2, -0.15) is 0 Å². The van der Waals surface area contributed by atoms with E-state index in [0.29, 0.717) is 5.92 Å². The summed E-state index contributed by atoms with van der Waals surface area (Å²) in [6.45, 7) is 9.57. The molecule has 0 saturated heterocycles. The molecule has 3 heteroatoms. The van der Waals surface area contributed by atoms with Gasteiger partial charge in [-0.3, -0.25) is 0 Å². The molecule has 0 spiro atoms. The lowest BCUT2D eigenvalue weighted by molar-refractivity contribution is 0.625. The molecular formula is C16H22N2S. The van der Waals surface area contributed by atoms with E-state index in [1.807, 2.05) is 6.92 Å². The second-order valence-corrected chi connectivity index (χ2v) is 6.03. The monoisotopic (exact) mass is 274 g/mol. The average Bonchev–Trinajstić information content (AvgIpc) is 2.82. The maximum Gasteiger partial charge on any atom is 0.114 e. The number of rotatable bonds is 5. The zero-order valence-corrected chi connectivity index (χ0v) is 12.9. The fourth-order valence-corrected chi connectivity index (χ4v) is 3.03. The fraction of sp³-hybridized carbons (Fsp3) is 0.438. The summed E-state index contributed by atoms with van der Waals surface area (Å²) in [5, 5.41) is 6.79. The van der Waals surface area contributed by atoms with Crippen molar-refractivity contribution in [3.8, 4) is 0 Å². The van der Waals surface area contributed by atoms with E-state index in [2.05, 4.69) is 60.7 Å². The average molecular weight is 274 g/mol. The summed E-state index contributed by atoms with van der Waals surface area (Å²) in [5.74, 6) is 0.578. The predicted molar refractivity (Wildman–Crippen MR) is 82.9 cm³/mol. The molecule has 1 aromatic carbocycles. The Morgan fingerprint density at radius 3 is 2.26 bits per heavy atom. The molecule has 0 aliphatic rings. The molecule has 1 N–H and O–H groups in total. The minimum atomic E-state index is 0.213. The van der Waals surface area contributed by atoms with Crippen molar-refractivity contribution in [2.24, 2.45) is 0 Å². The van der Waals surface area contributed by atoms with Gasteiger partial charge in [-0.05, 0) is 30.5 Å². The largest absolute Gasteiger partial charge is 0.305 e. The van der Waals surface area contributed by atoms with Crippen molar-refractivity contribution < 1.29 is 0 Å². The topological polar surface area (TPSA) is 24.9 Å². The quantitative estimate of drug-likeness (QED) is 0.880. The first-order valence-electron chi connectivity index (χ1n) is 6.87. The number of aromatic nitrogens is 1. The van der Waals surface area contributed by atoms with Gasteiger partial charge < -0.3 is 5.32 Å². The van der Waals surface area contributed by atoms with Crippen LogP contribution in [0.25, 0.3) is 0 Å². The van der Waals surface area contributed by atoms with E-state index in [1.165, 1.54) is 11.1 Å². The van der Waals surface area contributed by atoms with Crippen LogP contribution >= 0.6 is 11.3 Å². The van der Waals surface area contributed by atoms with Gasteiger partial charge in [0.25, 0.3) is 0 Å². The molecule has 2 rings (SSSR count). The summed E-state index contributed by atoms with van der Waals surface area (Å²) in [5.41, 5.74) is 3.77. The summed E-state index contributed by atoms with van der Waals surface area (Å²) in [6, 6.07) is 9.11. The molecule has 1 heterocycles. The van der Waals surface area contributed by atoms with Crippen LogP contribution in [-0.4, -0.2) is 11.5 Å². The van der Waals surface area contributed by atoms with E-state index in [4.69, 9.17) is 0 Å². The molecule has 0 radical (unpaired) electrons. The molecule has 0 amide bonds. The maximum absolute atomic E-state index is 4.62. The minimum absolute atomic E-state index is 0.213. The van der Waals surface area contributed by atoms with Crippen LogP contribution in [0.5, 0.6) is 0 Å². The van der Waals surface area contributed by atoms with E-state index in [1.54, 1.807) is 11.3 Å². The smallest absolute Gasteiger partial charge is 0.114 e. The van der Waals surface area contributed by atoms with Gasteiger partial charge in [0, 0.05) is 11.1 Å². The van der Waals surface area contributed by atoms with Crippen molar-refractivity contribution in [2.75, 3.05) is 6.54 Å². The lowest BCUT2D eigenvalue weighted by atomic mass is 9.99. The van der Waals surface area contributed by atoms with Gasteiger partial charge in [-0.1, -0.05) is 45.0 Å². The van der Waals surface area contributed by atoms with Gasteiger partial charge in [-0.15, -0.1) is 11.3 Å². The highest BCUT2D eigenvalue weighted by atomic mass is 32.1. The molecule has 102 valence electrons. The van der Waals surface area contributed by atoms with Gasteiger partial charge in [0.2, 0.25) is 0 Å². The Morgan fingerprint density at radius 1 is 1.16 bits per heavy atom. The van der Waals surface area contributed by atoms with Gasteiger partial charge in [0.05, 0.1) is 6.04 Å². The molecule has 0 saturated carbocycles. The molecule has 0 aliphatic carbocycles. The van der Waals surface area contributed by atoms with Gasteiger partial charge in [0.1, 0.15) is 5.01 Å². The summed E-state index contributed by atoms with van der Waals surface area (Å²) < 4.78 is 0. The molecule has 0 fully saturated rings. The molecule has 19 heavy (non-hydrogen) atoms. The number of hydrogen-bond donors (Lipinski definition) is 1. The first-order chi connectivity index (χ1) is 9.11. The van der Waals surface area contributed by atoms with Crippen LogP contribution in [0, 0.1) is 6.92 Å². The summed E-state index contributed by atoms with van der Waals surface area (Å²) in [7, 11) is 0. The maximum atomic E-state index is 4.62. The zero-order valence-electron chi connectivity index (χ0n) is 12.1. The zero-order chi connectivity index (χ0) is 13.8. The summed E-state index contributed by atoms with van der Waals surface area (Å²) >= 11 is 1.73. The van der Waals surface area contributed by atoms with Crippen molar-refractivity contribution >= 4 is 11.3 Å². The molecule has 2 nitrogen and oxygen atoms in total. The highest BCUT2D eigenvalue weighted by Gasteiger charge is 2.16. The van der Waals surface area contributed by atoms with E-state index >= 15 is 0 Å². The second kappa shape index (κ2) is 6.31. The summed E-state index contributed by atoms with van der Waals surface area (Å²) in [4.78, 5) is 4.62. The molecule has 2 aromatic rings. The van der Waals surface area contributed by atoms with Crippen LogP contribution in [0.2, 0.25) is 0 Å². The molecule has 1 unspecified atom stereocenters.